The van der Waals surface area contributed by atoms with Crippen molar-refractivity contribution in [2.24, 2.45) is 45.4 Å². The topological polar surface area (TPSA) is 71.3 Å². The molecule has 1 heterocycles. The third-order valence-electron chi connectivity index (χ3n) is 14.4. The SMILES string of the molecule is C=C1/C(=C\C=C2/CCC[C@]3(C)C([C@H](C)/C=C/[C@@H](O)C4(C5=N[C@H](C6C=CC=CC6C)CO5)CC4)CCC[C@@H]23)C[C@@H](O[Si](C)(C)C(C)(C)C)C[C@@H]1O. The van der Waals surface area contributed by atoms with Gasteiger partial charge in [-0.2, -0.15) is 0 Å². The van der Waals surface area contributed by atoms with Gasteiger partial charge < -0.3 is 19.4 Å². The van der Waals surface area contributed by atoms with Crippen molar-refractivity contribution in [2.45, 2.75) is 148 Å². The van der Waals surface area contributed by atoms with Crippen LogP contribution in [0.5, 0.6) is 0 Å². The number of nitrogens with zero attached hydrogens (tertiary/aromatic N) is 1. The highest BCUT2D eigenvalue weighted by molar-refractivity contribution is 6.74. The molecule has 276 valence electrons. The van der Waals surface area contributed by atoms with Gasteiger partial charge in [0.25, 0.3) is 0 Å². The van der Waals surface area contributed by atoms with Gasteiger partial charge in [0, 0.05) is 12.3 Å². The van der Waals surface area contributed by atoms with E-state index in [2.05, 4.69) is 110 Å². The summed E-state index contributed by atoms with van der Waals surface area (Å²) in [6, 6.07) is 0.135. The van der Waals surface area contributed by atoms with Crippen LogP contribution in [0.25, 0.3) is 0 Å². The first-order valence-electron chi connectivity index (χ1n) is 19.9. The second-order valence-corrected chi connectivity index (χ2v) is 23.5. The Kier molecular flexibility index (Phi) is 10.9. The summed E-state index contributed by atoms with van der Waals surface area (Å²) in [6.07, 6.45) is 27.5. The lowest BCUT2D eigenvalue weighted by Gasteiger charge is -2.53. The zero-order chi connectivity index (χ0) is 36.1. The van der Waals surface area contributed by atoms with Crippen LogP contribution in [0.2, 0.25) is 18.1 Å². The summed E-state index contributed by atoms with van der Waals surface area (Å²) in [5.41, 5.74) is 3.48. The van der Waals surface area contributed by atoms with Gasteiger partial charge in [0.15, 0.2) is 14.2 Å². The molecule has 0 saturated heterocycles. The number of hydrogen-bond acceptors (Lipinski definition) is 5. The Hall–Kier alpha value is -1.99. The number of hydrogen-bond donors (Lipinski definition) is 2. The minimum Gasteiger partial charge on any atom is -0.478 e. The molecule has 6 aliphatic rings. The van der Waals surface area contributed by atoms with E-state index in [0.717, 1.165) is 42.7 Å². The Morgan fingerprint density at radius 1 is 1.08 bits per heavy atom. The molecule has 3 unspecified atom stereocenters. The fraction of sp³-hybridized carbons (Fsp3) is 0.705. The molecule has 0 spiro atoms. The van der Waals surface area contributed by atoms with Gasteiger partial charge >= 0.3 is 0 Å². The third kappa shape index (κ3) is 7.43. The molecule has 2 N–H and O–H groups in total. The first-order valence-corrected chi connectivity index (χ1v) is 22.8. The van der Waals surface area contributed by atoms with Gasteiger partial charge in [0.05, 0.1) is 29.8 Å². The zero-order valence-corrected chi connectivity index (χ0v) is 33.5. The third-order valence-corrected chi connectivity index (χ3v) is 18.9. The molecule has 6 rings (SSSR count). The molecule has 0 aromatic carbocycles. The van der Waals surface area contributed by atoms with Crippen LogP contribution in [-0.2, 0) is 9.16 Å². The second kappa shape index (κ2) is 14.4. The van der Waals surface area contributed by atoms with Crippen LogP contribution in [0.3, 0.4) is 0 Å². The molecule has 0 amide bonds. The van der Waals surface area contributed by atoms with Gasteiger partial charge in [-0.25, -0.2) is 4.99 Å². The largest absolute Gasteiger partial charge is 0.478 e. The van der Waals surface area contributed by atoms with Gasteiger partial charge in [-0.05, 0) is 110 Å². The summed E-state index contributed by atoms with van der Waals surface area (Å²) in [6.45, 7) is 23.6. The Bertz CT molecular complexity index is 1460. The van der Waals surface area contributed by atoms with E-state index in [-0.39, 0.29) is 28.0 Å². The van der Waals surface area contributed by atoms with E-state index < -0.39 is 20.5 Å². The van der Waals surface area contributed by atoms with Crippen molar-refractivity contribution in [1.29, 1.82) is 0 Å². The predicted molar refractivity (Wildman–Crippen MR) is 209 cm³/mol. The number of fused-ring (bicyclic) bond motifs is 1. The molecular formula is C44H67NO4Si. The standard InChI is InChI=1S/C44H67NO4Si/c1-29-14-10-11-16-35(29)38-28-48-41(45-38)44(24-25-44)40(47)22-19-30(2)36-17-12-18-37-32(15-13-23-43(36,37)7)20-21-33-26-34(27-39(46)31(33)3)49-50(8,9)42(4,5)6/h10-11,14,16,19-22,29-30,34-40,46-47H,3,12-13,15,17-18,23-28H2,1-2,4-9H3/b22-19+,32-20+,33-21-/t29?,30-,34-,35?,36?,37+,38+,39+,40-,43-/m1/s1. The molecule has 0 bridgehead atoms. The van der Waals surface area contributed by atoms with Crippen molar-refractivity contribution in [2.75, 3.05) is 6.61 Å². The maximum absolute atomic E-state index is 11.6. The minimum atomic E-state index is -1.94. The Morgan fingerprint density at radius 2 is 1.82 bits per heavy atom. The van der Waals surface area contributed by atoms with Crippen molar-refractivity contribution >= 4 is 14.2 Å². The Labute approximate surface area is 304 Å². The fourth-order valence-electron chi connectivity index (χ4n) is 9.91. The number of ether oxygens (including phenoxy) is 1. The van der Waals surface area contributed by atoms with Crippen LogP contribution in [0.1, 0.15) is 106 Å². The van der Waals surface area contributed by atoms with E-state index >= 15 is 0 Å². The quantitative estimate of drug-likeness (QED) is 0.185. The normalized spacial score (nSPS) is 38.6. The van der Waals surface area contributed by atoms with Crippen LogP contribution < -0.4 is 0 Å². The van der Waals surface area contributed by atoms with Crippen molar-refractivity contribution in [3.8, 4) is 0 Å². The average Bonchev–Trinajstić information content (AvgIpc) is 3.72. The smallest absolute Gasteiger partial charge is 0.193 e. The van der Waals surface area contributed by atoms with E-state index in [4.69, 9.17) is 14.2 Å². The maximum Gasteiger partial charge on any atom is 0.193 e. The van der Waals surface area contributed by atoms with Gasteiger partial charge in [0.2, 0.25) is 0 Å². The molecule has 4 saturated carbocycles. The van der Waals surface area contributed by atoms with E-state index in [9.17, 15) is 10.2 Å². The van der Waals surface area contributed by atoms with Gasteiger partial charge in [-0.3, -0.25) is 0 Å². The van der Waals surface area contributed by atoms with Gasteiger partial charge in [-0.1, -0.05) is 109 Å². The predicted octanol–water partition coefficient (Wildman–Crippen LogP) is 10.1. The van der Waals surface area contributed by atoms with Crippen LogP contribution in [0, 0.1) is 40.4 Å². The summed E-state index contributed by atoms with van der Waals surface area (Å²) >= 11 is 0. The molecule has 50 heavy (non-hydrogen) atoms. The van der Waals surface area contributed by atoms with Gasteiger partial charge in [0.1, 0.15) is 6.61 Å². The van der Waals surface area contributed by atoms with E-state index in [1.165, 1.54) is 32.1 Å². The molecule has 6 heteroatoms. The van der Waals surface area contributed by atoms with Crippen molar-refractivity contribution in [3.63, 3.8) is 0 Å². The highest BCUT2D eigenvalue weighted by Crippen LogP contribution is 2.58. The van der Waals surface area contributed by atoms with Crippen LogP contribution in [-0.4, -0.2) is 55.4 Å². The van der Waals surface area contributed by atoms with Crippen LogP contribution in [0.4, 0.5) is 0 Å². The zero-order valence-electron chi connectivity index (χ0n) is 32.5. The van der Waals surface area contributed by atoms with Crippen molar-refractivity contribution < 1.29 is 19.4 Å². The number of aliphatic hydroxyl groups excluding tert-OH is 2. The lowest BCUT2D eigenvalue weighted by molar-refractivity contribution is 0.0120. The maximum atomic E-state index is 11.6. The summed E-state index contributed by atoms with van der Waals surface area (Å²) in [7, 11) is -1.94. The molecule has 1 aliphatic heterocycles. The molecule has 4 fully saturated rings. The summed E-state index contributed by atoms with van der Waals surface area (Å²) in [5.74, 6) is 3.11. The Morgan fingerprint density at radius 3 is 2.52 bits per heavy atom. The average molecular weight is 702 g/mol. The molecule has 0 aromatic rings. The number of allylic oxidation sites excluding steroid dienone is 7. The minimum absolute atomic E-state index is 0.0402. The summed E-state index contributed by atoms with van der Waals surface area (Å²) in [4.78, 5) is 5.08. The molecule has 10 atom stereocenters. The Balaban J connectivity index is 1.13. The van der Waals surface area contributed by atoms with Crippen LogP contribution in [0.15, 0.2) is 76.9 Å². The highest BCUT2D eigenvalue weighted by Gasteiger charge is 2.56. The van der Waals surface area contributed by atoms with E-state index in [1.54, 1.807) is 5.57 Å². The number of rotatable bonds is 9. The lowest BCUT2D eigenvalue weighted by atomic mass is 9.51. The molecule has 5 nitrogen and oxygen atoms in total. The molecule has 0 radical (unpaired) electrons. The lowest BCUT2D eigenvalue weighted by Crippen LogP contribution is -2.46. The van der Waals surface area contributed by atoms with E-state index in [1.807, 2.05) is 0 Å². The monoisotopic (exact) mass is 701 g/mol. The second-order valence-electron chi connectivity index (χ2n) is 18.7. The first kappa shape index (κ1) is 37.8. The summed E-state index contributed by atoms with van der Waals surface area (Å²) in [5, 5.41) is 22.7. The van der Waals surface area contributed by atoms with E-state index in [0.29, 0.717) is 42.6 Å². The molecular weight excluding hydrogens is 635 g/mol. The molecule has 5 aliphatic carbocycles. The molecule has 0 aromatic heterocycles. The number of aliphatic hydroxyl groups is 2. The van der Waals surface area contributed by atoms with Crippen molar-refractivity contribution in [3.05, 3.63) is 71.9 Å². The van der Waals surface area contributed by atoms with Crippen LogP contribution >= 0.6 is 0 Å². The van der Waals surface area contributed by atoms with Gasteiger partial charge in [-0.15, -0.1) is 0 Å². The highest BCUT2D eigenvalue weighted by atomic mass is 28.4. The first-order chi connectivity index (χ1) is 23.6. The van der Waals surface area contributed by atoms with Crippen molar-refractivity contribution in [1.82, 2.24) is 0 Å². The number of aliphatic imine (C=N–C) groups is 1. The summed E-state index contributed by atoms with van der Waals surface area (Å²) < 4.78 is 13.0. The fourth-order valence-corrected chi connectivity index (χ4v) is 11.3.